The first-order chi connectivity index (χ1) is 5.47. The molecule has 0 aliphatic rings. The number of rotatable bonds is 2. The standard InChI is InChI=1S/C7H4BrClF2O/c8-7(10,11)12-6-3-1-2-5(9)4-6/h1-4H. The van der Waals surface area contributed by atoms with Crippen molar-refractivity contribution in [3.8, 4) is 5.75 Å². The minimum Gasteiger partial charge on any atom is -0.424 e. The fraction of sp³-hybridized carbons (Fsp3) is 0.143. The Bertz CT molecular complexity index is 274. The van der Waals surface area contributed by atoms with Crippen LogP contribution >= 0.6 is 27.5 Å². The first-order valence-electron chi connectivity index (χ1n) is 2.99. The van der Waals surface area contributed by atoms with Gasteiger partial charge in [-0.05, 0) is 18.2 Å². The minimum absolute atomic E-state index is 0.0179. The van der Waals surface area contributed by atoms with Crippen molar-refractivity contribution in [1.82, 2.24) is 0 Å². The second kappa shape index (κ2) is 3.58. The SMILES string of the molecule is FC(F)(Br)Oc1cccc(Cl)c1. The lowest BCUT2D eigenvalue weighted by molar-refractivity contribution is -0.0802. The van der Waals surface area contributed by atoms with E-state index < -0.39 is 5.02 Å². The average molecular weight is 257 g/mol. The summed E-state index contributed by atoms with van der Waals surface area (Å²) in [7, 11) is 0. The molecular formula is C7H4BrClF2O. The van der Waals surface area contributed by atoms with Crippen LogP contribution in [0.1, 0.15) is 0 Å². The molecular weight excluding hydrogens is 253 g/mol. The third kappa shape index (κ3) is 3.36. The lowest BCUT2D eigenvalue weighted by Gasteiger charge is -2.10. The summed E-state index contributed by atoms with van der Waals surface area (Å²) in [4.78, 5) is 0. The van der Waals surface area contributed by atoms with Gasteiger partial charge in [0.1, 0.15) is 5.75 Å². The van der Waals surface area contributed by atoms with Gasteiger partial charge >= 0.3 is 5.02 Å². The molecule has 0 aliphatic carbocycles. The van der Waals surface area contributed by atoms with Crippen LogP contribution < -0.4 is 4.74 Å². The van der Waals surface area contributed by atoms with Gasteiger partial charge in [0, 0.05) is 21.0 Å². The highest BCUT2D eigenvalue weighted by molar-refractivity contribution is 9.09. The van der Waals surface area contributed by atoms with Gasteiger partial charge in [0.15, 0.2) is 0 Å². The predicted octanol–water partition coefficient (Wildman–Crippen LogP) is 3.66. The molecule has 0 aliphatic heterocycles. The Morgan fingerprint density at radius 2 is 2.08 bits per heavy atom. The van der Waals surface area contributed by atoms with E-state index in [0.717, 1.165) is 0 Å². The lowest BCUT2D eigenvalue weighted by Crippen LogP contribution is -2.14. The first kappa shape index (κ1) is 9.74. The smallest absolute Gasteiger partial charge is 0.424 e. The number of alkyl halides is 3. The summed E-state index contributed by atoms with van der Waals surface area (Å²) in [6.07, 6.45) is 0. The predicted molar refractivity (Wildman–Crippen MR) is 46.0 cm³/mol. The van der Waals surface area contributed by atoms with E-state index in [-0.39, 0.29) is 5.75 Å². The number of benzene rings is 1. The molecule has 0 spiro atoms. The number of ether oxygens (including phenoxy) is 1. The fourth-order valence-electron chi connectivity index (χ4n) is 0.664. The van der Waals surface area contributed by atoms with Gasteiger partial charge < -0.3 is 4.74 Å². The van der Waals surface area contributed by atoms with Gasteiger partial charge in [0.2, 0.25) is 0 Å². The van der Waals surface area contributed by atoms with Gasteiger partial charge in [-0.2, -0.15) is 8.78 Å². The summed E-state index contributed by atoms with van der Waals surface area (Å²) >= 11 is 7.57. The van der Waals surface area contributed by atoms with Crippen LogP contribution in [0.5, 0.6) is 5.75 Å². The van der Waals surface area contributed by atoms with Crippen molar-refractivity contribution in [1.29, 1.82) is 0 Å². The molecule has 0 bridgehead atoms. The zero-order valence-corrected chi connectivity index (χ0v) is 8.07. The van der Waals surface area contributed by atoms with E-state index >= 15 is 0 Å². The zero-order chi connectivity index (χ0) is 9.19. The van der Waals surface area contributed by atoms with Crippen molar-refractivity contribution in [2.45, 2.75) is 5.02 Å². The molecule has 0 unspecified atom stereocenters. The molecule has 0 saturated carbocycles. The number of hydrogen-bond acceptors (Lipinski definition) is 1. The van der Waals surface area contributed by atoms with Crippen molar-refractivity contribution in [2.75, 3.05) is 0 Å². The molecule has 0 aromatic heterocycles. The van der Waals surface area contributed by atoms with Gasteiger partial charge in [-0.1, -0.05) is 17.7 Å². The maximum absolute atomic E-state index is 12.2. The normalized spacial score (nSPS) is 11.3. The van der Waals surface area contributed by atoms with Crippen molar-refractivity contribution in [2.24, 2.45) is 0 Å². The van der Waals surface area contributed by atoms with Gasteiger partial charge in [-0.3, -0.25) is 0 Å². The number of halogens is 4. The summed E-state index contributed by atoms with van der Waals surface area (Å²) in [5.41, 5.74) is 0. The van der Waals surface area contributed by atoms with Crippen molar-refractivity contribution >= 4 is 27.5 Å². The molecule has 0 saturated heterocycles. The Kier molecular flexibility index (Phi) is 2.90. The van der Waals surface area contributed by atoms with Crippen LogP contribution in [0, 0.1) is 0 Å². The van der Waals surface area contributed by atoms with E-state index in [2.05, 4.69) is 4.74 Å². The van der Waals surface area contributed by atoms with Gasteiger partial charge in [0.25, 0.3) is 0 Å². The monoisotopic (exact) mass is 256 g/mol. The Labute approximate surface area is 81.4 Å². The molecule has 1 aromatic rings. The molecule has 0 amide bonds. The average Bonchev–Trinajstić information content (AvgIpc) is 1.82. The molecule has 1 rings (SSSR count). The Hall–Kier alpha value is -0.350. The van der Waals surface area contributed by atoms with Crippen LogP contribution in [0.2, 0.25) is 5.02 Å². The topological polar surface area (TPSA) is 9.23 Å². The summed E-state index contributed by atoms with van der Waals surface area (Å²) in [6, 6.07) is 5.79. The van der Waals surface area contributed by atoms with E-state index in [0.29, 0.717) is 5.02 Å². The maximum Gasteiger partial charge on any atom is 0.459 e. The molecule has 12 heavy (non-hydrogen) atoms. The first-order valence-corrected chi connectivity index (χ1v) is 4.16. The van der Waals surface area contributed by atoms with Crippen LogP contribution in [0.4, 0.5) is 8.78 Å². The molecule has 0 N–H and O–H groups in total. The molecule has 0 fully saturated rings. The van der Waals surface area contributed by atoms with Crippen molar-refractivity contribution in [3.05, 3.63) is 29.3 Å². The summed E-state index contributed by atoms with van der Waals surface area (Å²) in [6.45, 7) is 0. The van der Waals surface area contributed by atoms with Crippen LogP contribution in [-0.4, -0.2) is 5.02 Å². The van der Waals surface area contributed by atoms with E-state index in [9.17, 15) is 8.78 Å². The maximum atomic E-state index is 12.2. The van der Waals surface area contributed by atoms with Gasteiger partial charge in [-0.25, -0.2) is 0 Å². The van der Waals surface area contributed by atoms with Crippen LogP contribution in [0.15, 0.2) is 24.3 Å². The second-order valence-corrected chi connectivity index (χ2v) is 3.36. The summed E-state index contributed by atoms with van der Waals surface area (Å²) < 4.78 is 28.6. The highest BCUT2D eigenvalue weighted by Gasteiger charge is 2.26. The van der Waals surface area contributed by atoms with E-state index in [4.69, 9.17) is 11.6 Å². The highest BCUT2D eigenvalue weighted by Crippen LogP contribution is 2.28. The molecule has 1 nitrogen and oxygen atoms in total. The van der Waals surface area contributed by atoms with E-state index in [1.165, 1.54) is 18.2 Å². The quantitative estimate of drug-likeness (QED) is 0.735. The molecule has 0 heterocycles. The summed E-state index contributed by atoms with van der Waals surface area (Å²) in [5, 5.41) is -3.00. The van der Waals surface area contributed by atoms with Crippen LogP contribution in [-0.2, 0) is 0 Å². The number of hydrogen-bond donors (Lipinski definition) is 0. The minimum atomic E-state index is -3.35. The summed E-state index contributed by atoms with van der Waals surface area (Å²) in [5.74, 6) is 0.0179. The van der Waals surface area contributed by atoms with Crippen LogP contribution in [0.3, 0.4) is 0 Å². The van der Waals surface area contributed by atoms with Crippen molar-refractivity contribution < 1.29 is 13.5 Å². The van der Waals surface area contributed by atoms with Gasteiger partial charge in [0.05, 0.1) is 0 Å². The molecule has 0 atom stereocenters. The largest absolute Gasteiger partial charge is 0.459 e. The molecule has 1 aromatic carbocycles. The van der Waals surface area contributed by atoms with Crippen LogP contribution in [0.25, 0.3) is 0 Å². The highest BCUT2D eigenvalue weighted by atomic mass is 79.9. The molecule has 66 valence electrons. The Morgan fingerprint density at radius 3 is 2.58 bits per heavy atom. The van der Waals surface area contributed by atoms with E-state index in [1.54, 1.807) is 6.07 Å². The lowest BCUT2D eigenvalue weighted by atomic mass is 10.3. The fourth-order valence-corrected chi connectivity index (χ4v) is 1.03. The second-order valence-electron chi connectivity index (χ2n) is 2.01. The zero-order valence-electron chi connectivity index (χ0n) is 5.73. The third-order valence-corrected chi connectivity index (χ3v) is 1.43. The Balaban J connectivity index is 2.77. The van der Waals surface area contributed by atoms with Gasteiger partial charge in [-0.15, -0.1) is 0 Å². The molecule has 0 radical (unpaired) electrons. The molecule has 5 heteroatoms. The van der Waals surface area contributed by atoms with Crippen molar-refractivity contribution in [3.63, 3.8) is 0 Å². The van der Waals surface area contributed by atoms with E-state index in [1.807, 2.05) is 15.9 Å². The third-order valence-electron chi connectivity index (χ3n) is 1.03. The Morgan fingerprint density at radius 1 is 1.42 bits per heavy atom.